The molecule has 1 unspecified atom stereocenters. The summed E-state index contributed by atoms with van der Waals surface area (Å²) in [4.78, 5) is 0. The van der Waals surface area contributed by atoms with Crippen LogP contribution in [0.1, 0.15) is 44.1 Å². The molecule has 1 fully saturated rings. The molecule has 1 saturated carbocycles. The van der Waals surface area contributed by atoms with Crippen LogP contribution in [0.2, 0.25) is 10.0 Å². The Hall–Kier alpha value is 0.0900. The lowest BCUT2D eigenvalue weighted by molar-refractivity contribution is 0.435. The second kappa shape index (κ2) is 7.03. The monoisotopic (exact) mass is 304 g/mol. The largest absolute Gasteiger partial charge is 0.122 e. The van der Waals surface area contributed by atoms with Crippen molar-refractivity contribution in [2.24, 2.45) is 5.92 Å². The standard InChI is InChI=1S/C15H19Cl3/c16-13-8-7-11(10-15(13)18)9-14(17)12-5-3-1-2-4-6-12/h7-8,10,12,14H,1-6,9H2. The van der Waals surface area contributed by atoms with Gasteiger partial charge in [-0.1, -0.05) is 55.0 Å². The molecular weight excluding hydrogens is 287 g/mol. The lowest BCUT2D eigenvalue weighted by atomic mass is 9.92. The number of hydrogen-bond donors (Lipinski definition) is 0. The van der Waals surface area contributed by atoms with Crippen molar-refractivity contribution in [1.29, 1.82) is 0 Å². The Balaban J connectivity index is 1.96. The second-order valence-electron chi connectivity index (χ2n) is 5.22. The highest BCUT2D eigenvalue weighted by Crippen LogP contribution is 2.31. The van der Waals surface area contributed by atoms with Gasteiger partial charge in [0.15, 0.2) is 0 Å². The molecule has 0 spiro atoms. The molecule has 0 amide bonds. The Labute approximate surface area is 125 Å². The maximum atomic E-state index is 6.58. The van der Waals surface area contributed by atoms with Crippen LogP contribution in [0.5, 0.6) is 0 Å². The molecule has 1 aromatic rings. The quantitative estimate of drug-likeness (QED) is 0.466. The topological polar surface area (TPSA) is 0 Å². The Morgan fingerprint density at radius 2 is 1.67 bits per heavy atom. The minimum atomic E-state index is 0.223. The number of halogens is 3. The summed E-state index contributed by atoms with van der Waals surface area (Å²) in [6.07, 6.45) is 8.83. The molecule has 18 heavy (non-hydrogen) atoms. The summed E-state index contributed by atoms with van der Waals surface area (Å²) in [5, 5.41) is 1.46. The number of alkyl halides is 1. The van der Waals surface area contributed by atoms with Crippen LogP contribution in [0.25, 0.3) is 0 Å². The maximum absolute atomic E-state index is 6.58. The van der Waals surface area contributed by atoms with E-state index in [1.165, 1.54) is 44.1 Å². The third kappa shape index (κ3) is 4.05. The molecule has 0 heterocycles. The van der Waals surface area contributed by atoms with Crippen LogP contribution in [-0.2, 0) is 6.42 Å². The molecule has 1 aliphatic rings. The summed E-state index contributed by atoms with van der Waals surface area (Å²) in [7, 11) is 0. The van der Waals surface area contributed by atoms with Gasteiger partial charge in [-0.05, 0) is 42.9 Å². The fourth-order valence-electron chi connectivity index (χ4n) is 2.73. The fraction of sp³-hybridized carbons (Fsp3) is 0.600. The molecule has 2 rings (SSSR count). The zero-order valence-electron chi connectivity index (χ0n) is 10.5. The van der Waals surface area contributed by atoms with Crippen molar-refractivity contribution >= 4 is 34.8 Å². The van der Waals surface area contributed by atoms with E-state index in [0.29, 0.717) is 16.0 Å². The molecule has 0 aliphatic heterocycles. The van der Waals surface area contributed by atoms with Crippen molar-refractivity contribution in [3.63, 3.8) is 0 Å². The molecule has 1 aliphatic carbocycles. The Morgan fingerprint density at radius 1 is 1.00 bits per heavy atom. The van der Waals surface area contributed by atoms with E-state index in [0.717, 1.165) is 6.42 Å². The van der Waals surface area contributed by atoms with E-state index in [2.05, 4.69) is 0 Å². The molecule has 1 atom stereocenters. The average Bonchev–Trinajstić information content (AvgIpc) is 2.62. The summed E-state index contributed by atoms with van der Waals surface area (Å²) in [5.41, 5.74) is 1.19. The van der Waals surface area contributed by atoms with Crippen LogP contribution in [0.4, 0.5) is 0 Å². The molecule has 1 aromatic carbocycles. The van der Waals surface area contributed by atoms with Gasteiger partial charge in [-0.2, -0.15) is 0 Å². The first-order chi connectivity index (χ1) is 8.66. The van der Waals surface area contributed by atoms with Crippen LogP contribution >= 0.6 is 34.8 Å². The third-order valence-electron chi connectivity index (χ3n) is 3.83. The Bertz CT molecular complexity index is 381. The van der Waals surface area contributed by atoms with E-state index in [-0.39, 0.29) is 5.38 Å². The van der Waals surface area contributed by atoms with Gasteiger partial charge in [0.1, 0.15) is 0 Å². The van der Waals surface area contributed by atoms with Crippen LogP contribution < -0.4 is 0 Å². The third-order valence-corrected chi connectivity index (χ3v) is 5.08. The van der Waals surface area contributed by atoms with Crippen LogP contribution in [0, 0.1) is 5.92 Å². The maximum Gasteiger partial charge on any atom is 0.0595 e. The van der Waals surface area contributed by atoms with Gasteiger partial charge in [0, 0.05) is 5.38 Å². The predicted octanol–water partition coefficient (Wildman–Crippen LogP) is 6.11. The SMILES string of the molecule is Clc1ccc(CC(Cl)C2CCCCCC2)cc1Cl. The van der Waals surface area contributed by atoms with E-state index >= 15 is 0 Å². The molecule has 0 nitrogen and oxygen atoms in total. The molecule has 0 saturated heterocycles. The van der Waals surface area contributed by atoms with Gasteiger partial charge in [-0.15, -0.1) is 11.6 Å². The molecular formula is C15H19Cl3. The zero-order valence-corrected chi connectivity index (χ0v) is 12.7. The van der Waals surface area contributed by atoms with Gasteiger partial charge in [-0.3, -0.25) is 0 Å². The van der Waals surface area contributed by atoms with Crippen molar-refractivity contribution in [2.75, 3.05) is 0 Å². The van der Waals surface area contributed by atoms with E-state index < -0.39 is 0 Å². The van der Waals surface area contributed by atoms with Crippen molar-refractivity contribution in [2.45, 2.75) is 50.3 Å². The highest BCUT2D eigenvalue weighted by Gasteiger charge is 2.21. The molecule has 100 valence electrons. The fourth-order valence-corrected chi connectivity index (χ4v) is 3.48. The Kier molecular flexibility index (Phi) is 5.66. The highest BCUT2D eigenvalue weighted by molar-refractivity contribution is 6.42. The molecule has 0 bridgehead atoms. The normalized spacial score (nSPS) is 19.5. The lowest BCUT2D eigenvalue weighted by Gasteiger charge is -2.20. The zero-order chi connectivity index (χ0) is 13.0. The smallest absolute Gasteiger partial charge is 0.0595 e. The summed E-state index contributed by atoms with van der Waals surface area (Å²) >= 11 is 18.5. The van der Waals surface area contributed by atoms with E-state index in [4.69, 9.17) is 34.8 Å². The summed E-state index contributed by atoms with van der Waals surface area (Å²) in [5.74, 6) is 0.656. The first-order valence-corrected chi connectivity index (χ1v) is 7.94. The van der Waals surface area contributed by atoms with Gasteiger partial charge in [0.2, 0.25) is 0 Å². The van der Waals surface area contributed by atoms with Gasteiger partial charge in [0.05, 0.1) is 10.0 Å². The second-order valence-corrected chi connectivity index (χ2v) is 6.60. The minimum absolute atomic E-state index is 0.223. The van der Waals surface area contributed by atoms with Crippen molar-refractivity contribution in [1.82, 2.24) is 0 Å². The number of hydrogen-bond acceptors (Lipinski definition) is 0. The first-order valence-electron chi connectivity index (χ1n) is 6.75. The van der Waals surface area contributed by atoms with Gasteiger partial charge in [-0.25, -0.2) is 0 Å². The summed E-state index contributed by atoms with van der Waals surface area (Å²) < 4.78 is 0. The van der Waals surface area contributed by atoms with E-state index in [1.54, 1.807) is 0 Å². The Morgan fingerprint density at radius 3 is 2.28 bits per heavy atom. The number of benzene rings is 1. The summed E-state index contributed by atoms with van der Waals surface area (Å²) in [6, 6.07) is 5.83. The van der Waals surface area contributed by atoms with Crippen molar-refractivity contribution in [3.05, 3.63) is 33.8 Å². The van der Waals surface area contributed by atoms with Gasteiger partial charge >= 0.3 is 0 Å². The van der Waals surface area contributed by atoms with Crippen LogP contribution in [0.15, 0.2) is 18.2 Å². The van der Waals surface area contributed by atoms with Gasteiger partial charge < -0.3 is 0 Å². The summed E-state index contributed by atoms with van der Waals surface area (Å²) in [6.45, 7) is 0. The van der Waals surface area contributed by atoms with Crippen LogP contribution in [-0.4, -0.2) is 5.38 Å². The molecule has 0 N–H and O–H groups in total. The lowest BCUT2D eigenvalue weighted by Crippen LogP contribution is -2.17. The first kappa shape index (κ1) is 14.5. The minimum Gasteiger partial charge on any atom is -0.122 e. The van der Waals surface area contributed by atoms with E-state index in [1.807, 2.05) is 18.2 Å². The van der Waals surface area contributed by atoms with Crippen molar-refractivity contribution < 1.29 is 0 Å². The highest BCUT2D eigenvalue weighted by atomic mass is 35.5. The molecule has 0 aromatic heterocycles. The molecule has 3 heteroatoms. The van der Waals surface area contributed by atoms with Crippen molar-refractivity contribution in [3.8, 4) is 0 Å². The average molecular weight is 306 g/mol. The van der Waals surface area contributed by atoms with Gasteiger partial charge in [0.25, 0.3) is 0 Å². The predicted molar refractivity (Wildman–Crippen MR) is 81.0 cm³/mol. The van der Waals surface area contributed by atoms with E-state index in [9.17, 15) is 0 Å². The molecule has 0 radical (unpaired) electrons. The number of rotatable bonds is 3. The van der Waals surface area contributed by atoms with Crippen LogP contribution in [0.3, 0.4) is 0 Å².